The molecule has 1 aromatic rings. The van der Waals surface area contributed by atoms with E-state index in [1.54, 1.807) is 6.07 Å². The summed E-state index contributed by atoms with van der Waals surface area (Å²) in [5.41, 5.74) is -0.474. The van der Waals surface area contributed by atoms with Gasteiger partial charge in [-0.2, -0.15) is 0 Å². The first-order chi connectivity index (χ1) is 7.83. The highest BCUT2D eigenvalue weighted by Gasteiger charge is 2.29. The Morgan fingerprint density at radius 1 is 1.47 bits per heavy atom. The largest absolute Gasteiger partial charge is 0.250 e. The van der Waals surface area contributed by atoms with Gasteiger partial charge in [-0.3, -0.25) is 0 Å². The molecule has 1 rings (SSSR count). The Morgan fingerprint density at radius 2 is 2.12 bits per heavy atom. The molecule has 0 saturated carbocycles. The fraction of sp³-hybridized carbons (Fsp3) is 0.636. The van der Waals surface area contributed by atoms with Crippen LogP contribution in [0.4, 0.5) is 0 Å². The van der Waals surface area contributed by atoms with Gasteiger partial charge in [0.05, 0.1) is 0 Å². The van der Waals surface area contributed by atoms with E-state index in [2.05, 4.69) is 4.72 Å². The minimum absolute atomic E-state index is 0.365. The highest BCUT2D eigenvalue weighted by atomic mass is 35.5. The summed E-state index contributed by atoms with van der Waals surface area (Å²) < 4.78 is 27.4. The summed E-state index contributed by atoms with van der Waals surface area (Å²) in [7, 11) is -3.42. The van der Waals surface area contributed by atoms with Gasteiger partial charge in [-0.05, 0) is 38.8 Å². The maximum Gasteiger partial charge on any atom is 0.250 e. The predicted octanol–water partition coefficient (Wildman–Crippen LogP) is 3.13. The van der Waals surface area contributed by atoms with Crippen molar-refractivity contribution in [2.75, 3.05) is 5.88 Å². The van der Waals surface area contributed by atoms with Crippen LogP contribution in [0.5, 0.6) is 0 Å². The van der Waals surface area contributed by atoms with Gasteiger partial charge in [0.1, 0.15) is 4.21 Å². The van der Waals surface area contributed by atoms with Crippen molar-refractivity contribution in [1.82, 2.24) is 4.72 Å². The number of halogens is 1. The van der Waals surface area contributed by atoms with Crippen LogP contribution in [0.1, 0.15) is 31.6 Å². The van der Waals surface area contributed by atoms with Crippen LogP contribution in [0.15, 0.2) is 16.3 Å². The summed E-state index contributed by atoms with van der Waals surface area (Å²) in [4.78, 5) is 0.987. The highest BCUT2D eigenvalue weighted by Crippen LogP contribution is 2.24. The number of aryl methyl sites for hydroxylation is 1. The molecule has 6 heteroatoms. The third-order valence-electron chi connectivity index (χ3n) is 2.79. The first kappa shape index (κ1) is 15.0. The van der Waals surface area contributed by atoms with Crippen molar-refractivity contribution in [2.24, 2.45) is 0 Å². The fourth-order valence-electron chi connectivity index (χ4n) is 1.44. The van der Waals surface area contributed by atoms with Crippen molar-refractivity contribution >= 4 is 33.0 Å². The molecular formula is C11H18ClNO2S2. The van der Waals surface area contributed by atoms with Crippen molar-refractivity contribution in [1.29, 1.82) is 0 Å². The molecule has 1 unspecified atom stereocenters. The van der Waals surface area contributed by atoms with E-state index in [1.807, 2.05) is 26.8 Å². The molecule has 0 aliphatic rings. The van der Waals surface area contributed by atoms with Crippen LogP contribution in [0.3, 0.4) is 0 Å². The number of hydrogen-bond donors (Lipinski definition) is 1. The lowest BCUT2D eigenvalue weighted by Gasteiger charge is -2.28. The molecule has 0 spiro atoms. The van der Waals surface area contributed by atoms with E-state index in [1.165, 1.54) is 11.3 Å². The second kappa shape index (κ2) is 5.69. The summed E-state index contributed by atoms with van der Waals surface area (Å²) >= 11 is 6.99. The lowest BCUT2D eigenvalue weighted by Crippen LogP contribution is -2.45. The average molecular weight is 296 g/mol. The van der Waals surface area contributed by atoms with Crippen molar-refractivity contribution in [2.45, 2.75) is 43.4 Å². The van der Waals surface area contributed by atoms with Crippen LogP contribution in [0, 0.1) is 6.92 Å². The number of hydrogen-bond acceptors (Lipinski definition) is 3. The molecule has 17 heavy (non-hydrogen) atoms. The van der Waals surface area contributed by atoms with Crippen LogP contribution < -0.4 is 4.72 Å². The molecule has 0 fully saturated rings. The monoisotopic (exact) mass is 295 g/mol. The van der Waals surface area contributed by atoms with Gasteiger partial charge in [0.15, 0.2) is 0 Å². The smallest absolute Gasteiger partial charge is 0.206 e. The minimum atomic E-state index is -3.42. The lowest BCUT2D eigenvalue weighted by atomic mass is 9.97. The summed E-state index contributed by atoms with van der Waals surface area (Å²) in [5.74, 6) is 0.441. The molecule has 98 valence electrons. The van der Waals surface area contributed by atoms with Crippen molar-refractivity contribution < 1.29 is 8.42 Å². The first-order valence-electron chi connectivity index (χ1n) is 5.49. The maximum atomic E-state index is 12.2. The molecule has 0 bridgehead atoms. The third kappa shape index (κ3) is 3.95. The molecule has 1 heterocycles. The molecule has 0 aromatic carbocycles. The molecule has 0 radical (unpaired) electrons. The third-order valence-corrected chi connectivity index (χ3v) is 6.11. The highest BCUT2D eigenvalue weighted by molar-refractivity contribution is 7.91. The topological polar surface area (TPSA) is 46.2 Å². The van der Waals surface area contributed by atoms with Crippen LogP contribution in [-0.2, 0) is 10.0 Å². The Labute approximate surface area is 112 Å². The van der Waals surface area contributed by atoms with Crippen LogP contribution in [0.25, 0.3) is 0 Å². The molecule has 0 amide bonds. The molecule has 0 aliphatic carbocycles. The zero-order valence-corrected chi connectivity index (χ0v) is 12.7. The second-order valence-electron chi connectivity index (χ2n) is 4.32. The van der Waals surface area contributed by atoms with E-state index in [-0.39, 0.29) is 0 Å². The number of thiophene rings is 1. The number of rotatable bonds is 6. The fourth-order valence-corrected chi connectivity index (χ4v) is 4.65. The van der Waals surface area contributed by atoms with E-state index in [0.717, 1.165) is 4.88 Å². The second-order valence-corrected chi connectivity index (χ2v) is 7.90. The number of alkyl halides is 1. The summed E-state index contributed by atoms with van der Waals surface area (Å²) in [6.07, 6.45) is 1.33. The Morgan fingerprint density at radius 3 is 2.53 bits per heavy atom. The van der Waals surface area contributed by atoms with Gasteiger partial charge in [0.25, 0.3) is 10.0 Å². The minimum Gasteiger partial charge on any atom is -0.206 e. The van der Waals surface area contributed by atoms with E-state index in [4.69, 9.17) is 11.6 Å². The first-order valence-corrected chi connectivity index (χ1v) is 8.33. The Kier molecular flexibility index (Phi) is 5.01. The van der Waals surface area contributed by atoms with Crippen molar-refractivity contribution in [3.8, 4) is 0 Å². The van der Waals surface area contributed by atoms with Gasteiger partial charge in [-0.15, -0.1) is 22.9 Å². The van der Waals surface area contributed by atoms with Gasteiger partial charge in [0, 0.05) is 16.3 Å². The van der Waals surface area contributed by atoms with Crippen LogP contribution in [0.2, 0.25) is 0 Å². The average Bonchev–Trinajstić information content (AvgIpc) is 2.65. The molecule has 0 saturated heterocycles. The van der Waals surface area contributed by atoms with E-state index < -0.39 is 15.6 Å². The lowest BCUT2D eigenvalue weighted by molar-refractivity contribution is 0.391. The molecule has 3 nitrogen and oxygen atoms in total. The van der Waals surface area contributed by atoms with Crippen molar-refractivity contribution in [3.63, 3.8) is 0 Å². The quantitative estimate of drug-likeness (QED) is 0.820. The van der Waals surface area contributed by atoms with Crippen LogP contribution in [-0.4, -0.2) is 19.8 Å². The number of sulfonamides is 1. The predicted molar refractivity (Wildman–Crippen MR) is 73.4 cm³/mol. The normalized spacial score (nSPS) is 15.8. The summed E-state index contributed by atoms with van der Waals surface area (Å²) in [6.45, 7) is 5.73. The summed E-state index contributed by atoms with van der Waals surface area (Å²) in [6, 6.07) is 3.45. The van der Waals surface area contributed by atoms with Crippen LogP contribution >= 0.6 is 22.9 Å². The van der Waals surface area contributed by atoms with Gasteiger partial charge in [0.2, 0.25) is 0 Å². The summed E-state index contributed by atoms with van der Waals surface area (Å²) in [5, 5.41) is 0. The molecule has 0 aliphatic heterocycles. The molecular weight excluding hydrogens is 278 g/mol. The van der Waals surface area contributed by atoms with Gasteiger partial charge in [-0.25, -0.2) is 13.1 Å². The SMILES string of the molecule is CCC(C)(CCCl)NS(=O)(=O)c1ccc(C)s1. The van der Waals surface area contributed by atoms with Gasteiger partial charge < -0.3 is 0 Å². The number of nitrogens with one attached hydrogen (secondary N) is 1. The van der Waals surface area contributed by atoms with E-state index >= 15 is 0 Å². The van der Waals surface area contributed by atoms with E-state index in [0.29, 0.717) is 22.9 Å². The maximum absolute atomic E-state index is 12.2. The molecule has 1 N–H and O–H groups in total. The molecule has 1 atom stereocenters. The zero-order chi connectivity index (χ0) is 13.1. The van der Waals surface area contributed by atoms with Gasteiger partial charge in [-0.1, -0.05) is 6.92 Å². The zero-order valence-electron chi connectivity index (χ0n) is 10.3. The molecule has 1 aromatic heterocycles. The van der Waals surface area contributed by atoms with Gasteiger partial charge >= 0.3 is 0 Å². The Hall–Kier alpha value is -0.100. The van der Waals surface area contributed by atoms with Crippen molar-refractivity contribution in [3.05, 3.63) is 17.0 Å². The Bertz CT molecular complexity index is 470. The van der Waals surface area contributed by atoms with E-state index in [9.17, 15) is 8.42 Å². The standard InChI is InChI=1S/C11H18ClNO2S2/c1-4-11(3,7-8-12)13-17(14,15)10-6-5-9(2)16-10/h5-6,13H,4,7-8H2,1-3H3. The Balaban J connectivity index is 2.93.